The molecule has 1 aromatic carbocycles. The van der Waals surface area contributed by atoms with E-state index in [1.54, 1.807) is 0 Å². The minimum atomic E-state index is -0.581. The van der Waals surface area contributed by atoms with Crippen molar-refractivity contribution < 1.29 is 19.4 Å². The van der Waals surface area contributed by atoms with Crippen LogP contribution in [0.4, 0.5) is 4.39 Å². The van der Waals surface area contributed by atoms with Crippen LogP contribution in [0.1, 0.15) is 29.6 Å². The molecule has 0 heterocycles. The molecule has 2 rings (SSSR count). The fourth-order valence-corrected chi connectivity index (χ4v) is 1.99. The maximum absolute atomic E-state index is 12.8. The minimum absolute atomic E-state index is 0.0139. The second kappa shape index (κ2) is 4.94. The second-order valence-corrected chi connectivity index (χ2v) is 4.82. The third kappa shape index (κ3) is 2.79. The molecule has 3 N–H and O–H groups in total. The number of hydrogen-bond donors (Lipinski definition) is 3. The summed E-state index contributed by atoms with van der Waals surface area (Å²) in [5.74, 6) is -1.36. The zero-order chi connectivity index (χ0) is 13.2. The summed E-state index contributed by atoms with van der Waals surface area (Å²) in [6, 6.07) is 3.30. The normalized spacial score (nSPS) is 16.3. The predicted octanol–water partition coefficient (Wildman–Crippen LogP) is 1.42. The monoisotopic (exact) mass is 253 g/mol. The number of phenols is 1. The van der Waals surface area contributed by atoms with Crippen molar-refractivity contribution in [1.82, 2.24) is 5.32 Å². The average molecular weight is 253 g/mol. The van der Waals surface area contributed by atoms with Crippen molar-refractivity contribution in [2.24, 2.45) is 5.41 Å². The van der Waals surface area contributed by atoms with Gasteiger partial charge >= 0.3 is 0 Å². The van der Waals surface area contributed by atoms with Gasteiger partial charge in [0.2, 0.25) is 0 Å². The SMILES string of the molecule is O=C(NCC1(CCO)CC1)c1ccc(F)cc1O. The van der Waals surface area contributed by atoms with Gasteiger partial charge in [-0.15, -0.1) is 0 Å². The highest BCUT2D eigenvalue weighted by molar-refractivity contribution is 5.96. The quantitative estimate of drug-likeness (QED) is 0.743. The number of carbonyl (C=O) groups is 1. The Labute approximate surface area is 104 Å². The van der Waals surface area contributed by atoms with E-state index in [2.05, 4.69) is 5.32 Å². The summed E-state index contributed by atoms with van der Waals surface area (Å²) < 4.78 is 12.8. The number of aromatic hydroxyl groups is 1. The molecular weight excluding hydrogens is 237 g/mol. The van der Waals surface area contributed by atoms with Crippen LogP contribution < -0.4 is 5.32 Å². The molecule has 1 amide bonds. The van der Waals surface area contributed by atoms with Gasteiger partial charge in [0.05, 0.1) is 5.56 Å². The van der Waals surface area contributed by atoms with Crippen molar-refractivity contribution in [3.63, 3.8) is 0 Å². The maximum atomic E-state index is 12.8. The number of nitrogens with one attached hydrogen (secondary N) is 1. The summed E-state index contributed by atoms with van der Waals surface area (Å²) in [6.07, 6.45) is 2.65. The molecule has 1 aromatic rings. The maximum Gasteiger partial charge on any atom is 0.255 e. The number of rotatable bonds is 5. The lowest BCUT2D eigenvalue weighted by atomic mass is 10.0. The van der Waals surface area contributed by atoms with Crippen molar-refractivity contribution in [3.05, 3.63) is 29.6 Å². The van der Waals surface area contributed by atoms with Gasteiger partial charge in [0.25, 0.3) is 5.91 Å². The minimum Gasteiger partial charge on any atom is -0.507 e. The molecule has 1 saturated carbocycles. The smallest absolute Gasteiger partial charge is 0.255 e. The van der Waals surface area contributed by atoms with Gasteiger partial charge in [0.15, 0.2) is 0 Å². The van der Waals surface area contributed by atoms with Crippen LogP contribution in [0, 0.1) is 11.2 Å². The molecule has 0 unspecified atom stereocenters. The van der Waals surface area contributed by atoms with Crippen molar-refractivity contribution in [3.8, 4) is 5.75 Å². The first-order valence-electron chi connectivity index (χ1n) is 5.94. The third-order valence-electron chi connectivity index (χ3n) is 3.43. The summed E-state index contributed by atoms with van der Waals surface area (Å²) in [4.78, 5) is 11.8. The molecule has 0 aliphatic heterocycles. The van der Waals surface area contributed by atoms with E-state index < -0.39 is 11.7 Å². The average Bonchev–Trinajstić information content (AvgIpc) is 3.07. The van der Waals surface area contributed by atoms with Crippen LogP contribution in [0.15, 0.2) is 18.2 Å². The molecule has 5 heteroatoms. The number of aliphatic hydroxyl groups excluding tert-OH is 1. The molecule has 0 radical (unpaired) electrons. The van der Waals surface area contributed by atoms with E-state index in [0.29, 0.717) is 13.0 Å². The molecule has 1 aliphatic rings. The summed E-state index contributed by atoms with van der Waals surface area (Å²) in [5, 5.41) is 21.1. The first-order valence-corrected chi connectivity index (χ1v) is 5.94. The van der Waals surface area contributed by atoms with E-state index >= 15 is 0 Å². The Morgan fingerprint density at radius 1 is 1.44 bits per heavy atom. The fraction of sp³-hybridized carbons (Fsp3) is 0.462. The largest absolute Gasteiger partial charge is 0.507 e. The molecular formula is C13H16FNO3. The summed E-state index contributed by atoms with van der Waals surface area (Å²) >= 11 is 0. The van der Waals surface area contributed by atoms with Gasteiger partial charge in [-0.2, -0.15) is 0 Å². The number of hydrogen-bond acceptors (Lipinski definition) is 3. The molecule has 0 bridgehead atoms. The Morgan fingerprint density at radius 3 is 2.72 bits per heavy atom. The van der Waals surface area contributed by atoms with Gasteiger partial charge in [0.1, 0.15) is 11.6 Å². The lowest BCUT2D eigenvalue weighted by Gasteiger charge is -2.14. The van der Waals surface area contributed by atoms with Gasteiger partial charge in [-0.1, -0.05) is 0 Å². The molecule has 1 aliphatic carbocycles. The van der Waals surface area contributed by atoms with Crippen LogP contribution in [-0.2, 0) is 0 Å². The molecule has 0 spiro atoms. The topological polar surface area (TPSA) is 69.6 Å². The van der Waals surface area contributed by atoms with E-state index in [1.165, 1.54) is 6.07 Å². The van der Waals surface area contributed by atoms with Crippen molar-refractivity contribution in [2.45, 2.75) is 19.3 Å². The Balaban J connectivity index is 1.96. The number of aliphatic hydroxyl groups is 1. The van der Waals surface area contributed by atoms with Gasteiger partial charge in [-0.05, 0) is 36.8 Å². The molecule has 98 valence electrons. The summed E-state index contributed by atoms with van der Waals surface area (Å²) in [5.41, 5.74) is 0.0799. The molecule has 0 saturated heterocycles. The van der Waals surface area contributed by atoms with Crippen LogP contribution in [0.3, 0.4) is 0 Å². The molecule has 4 nitrogen and oxygen atoms in total. The Hall–Kier alpha value is -1.62. The lowest BCUT2D eigenvalue weighted by molar-refractivity contribution is 0.0938. The summed E-state index contributed by atoms with van der Waals surface area (Å²) in [6.45, 7) is 0.584. The van der Waals surface area contributed by atoms with Crippen LogP contribution in [0.25, 0.3) is 0 Å². The molecule has 0 atom stereocenters. The van der Waals surface area contributed by atoms with Crippen LogP contribution in [0.5, 0.6) is 5.75 Å². The van der Waals surface area contributed by atoms with E-state index in [9.17, 15) is 14.3 Å². The number of phenolic OH excluding ortho intramolecular Hbond substituents is 1. The highest BCUT2D eigenvalue weighted by atomic mass is 19.1. The predicted molar refractivity (Wildman–Crippen MR) is 63.8 cm³/mol. The van der Waals surface area contributed by atoms with Crippen molar-refractivity contribution in [2.75, 3.05) is 13.2 Å². The van der Waals surface area contributed by atoms with Gasteiger partial charge < -0.3 is 15.5 Å². The summed E-state index contributed by atoms with van der Waals surface area (Å²) in [7, 11) is 0. The van der Waals surface area contributed by atoms with Gasteiger partial charge in [-0.3, -0.25) is 4.79 Å². The van der Waals surface area contributed by atoms with E-state index in [4.69, 9.17) is 5.11 Å². The Kier molecular flexibility index (Phi) is 3.52. The van der Waals surface area contributed by atoms with Crippen LogP contribution >= 0.6 is 0 Å². The van der Waals surface area contributed by atoms with E-state index in [-0.39, 0.29) is 23.3 Å². The third-order valence-corrected chi connectivity index (χ3v) is 3.43. The van der Waals surface area contributed by atoms with Crippen molar-refractivity contribution in [1.29, 1.82) is 0 Å². The van der Waals surface area contributed by atoms with Gasteiger partial charge in [0, 0.05) is 19.2 Å². The Bertz CT molecular complexity index is 458. The molecule has 18 heavy (non-hydrogen) atoms. The van der Waals surface area contributed by atoms with Crippen molar-refractivity contribution >= 4 is 5.91 Å². The Morgan fingerprint density at radius 2 is 2.17 bits per heavy atom. The lowest BCUT2D eigenvalue weighted by Crippen LogP contribution is -2.30. The first kappa shape index (κ1) is 12.8. The second-order valence-electron chi connectivity index (χ2n) is 4.82. The number of benzene rings is 1. The number of halogens is 1. The zero-order valence-electron chi connectivity index (χ0n) is 9.95. The fourth-order valence-electron chi connectivity index (χ4n) is 1.99. The van der Waals surface area contributed by atoms with Crippen LogP contribution in [0.2, 0.25) is 0 Å². The highest BCUT2D eigenvalue weighted by Crippen LogP contribution is 2.47. The first-order chi connectivity index (χ1) is 8.56. The highest BCUT2D eigenvalue weighted by Gasteiger charge is 2.41. The zero-order valence-corrected chi connectivity index (χ0v) is 9.95. The van der Waals surface area contributed by atoms with Crippen LogP contribution in [-0.4, -0.2) is 29.3 Å². The standard InChI is InChI=1S/C13H16FNO3/c14-9-1-2-10(11(17)7-9)12(18)15-8-13(3-4-13)5-6-16/h1-2,7,16-17H,3-6,8H2,(H,15,18). The number of carbonyl (C=O) groups excluding carboxylic acids is 1. The van der Waals surface area contributed by atoms with E-state index in [0.717, 1.165) is 25.0 Å². The van der Waals surface area contributed by atoms with Gasteiger partial charge in [-0.25, -0.2) is 4.39 Å². The molecule has 0 aromatic heterocycles. The molecule has 1 fully saturated rings. The number of amides is 1. The van der Waals surface area contributed by atoms with E-state index in [1.807, 2.05) is 0 Å².